The zero-order valence-corrected chi connectivity index (χ0v) is 13.1. The molecule has 0 fully saturated rings. The highest BCUT2D eigenvalue weighted by molar-refractivity contribution is 9.09. The summed E-state index contributed by atoms with van der Waals surface area (Å²) in [5.74, 6) is 1.51. The Kier molecular flexibility index (Phi) is 7.22. The summed E-state index contributed by atoms with van der Waals surface area (Å²) in [6.45, 7) is 4.58. The Hall–Kier alpha value is -0.0100. The molecule has 0 amide bonds. The summed E-state index contributed by atoms with van der Waals surface area (Å²) in [5, 5.41) is 1.97. The van der Waals surface area contributed by atoms with E-state index in [0.717, 1.165) is 22.7 Å². The molecule has 0 nitrogen and oxygen atoms in total. The van der Waals surface area contributed by atoms with E-state index in [-0.39, 0.29) is 0 Å². The van der Waals surface area contributed by atoms with Crippen molar-refractivity contribution < 1.29 is 0 Å². The first-order chi connectivity index (χ1) is 8.13. The van der Waals surface area contributed by atoms with Gasteiger partial charge < -0.3 is 0 Å². The van der Waals surface area contributed by atoms with Gasteiger partial charge in [-0.25, -0.2) is 0 Å². The fourth-order valence-corrected chi connectivity index (χ4v) is 2.79. The molecule has 1 aromatic carbocycles. The lowest BCUT2D eigenvalue weighted by atomic mass is 9.94. The highest BCUT2D eigenvalue weighted by Crippen LogP contribution is 2.23. The first-order valence-electron chi connectivity index (χ1n) is 6.42. The van der Waals surface area contributed by atoms with Gasteiger partial charge in [0.2, 0.25) is 0 Å². The van der Waals surface area contributed by atoms with Gasteiger partial charge in [-0.2, -0.15) is 0 Å². The Morgan fingerprint density at radius 1 is 1.18 bits per heavy atom. The molecule has 96 valence electrons. The van der Waals surface area contributed by atoms with Crippen LogP contribution in [0.2, 0.25) is 5.02 Å². The molecular formula is C15H22BrCl. The van der Waals surface area contributed by atoms with Crippen molar-refractivity contribution in [3.63, 3.8) is 0 Å². The minimum Gasteiger partial charge on any atom is -0.0925 e. The Balaban J connectivity index is 2.44. The number of alkyl halides is 1. The number of halogens is 2. The van der Waals surface area contributed by atoms with Gasteiger partial charge in [0, 0.05) is 10.4 Å². The van der Waals surface area contributed by atoms with Gasteiger partial charge >= 0.3 is 0 Å². The van der Waals surface area contributed by atoms with Gasteiger partial charge in [0.15, 0.2) is 0 Å². The average molecular weight is 318 g/mol. The Morgan fingerprint density at radius 2 is 1.88 bits per heavy atom. The van der Waals surface area contributed by atoms with Crippen LogP contribution in [0.25, 0.3) is 0 Å². The first-order valence-corrected chi connectivity index (χ1v) is 7.92. The van der Waals surface area contributed by atoms with Gasteiger partial charge in [-0.1, -0.05) is 72.4 Å². The average Bonchev–Trinajstić information content (AvgIpc) is 2.30. The number of hydrogen-bond donors (Lipinski definition) is 0. The van der Waals surface area contributed by atoms with E-state index in [0.29, 0.717) is 5.92 Å². The lowest BCUT2D eigenvalue weighted by Crippen LogP contribution is -2.07. The van der Waals surface area contributed by atoms with Crippen LogP contribution in [0.5, 0.6) is 0 Å². The monoisotopic (exact) mass is 316 g/mol. The van der Waals surface area contributed by atoms with E-state index in [2.05, 4.69) is 41.9 Å². The molecule has 1 rings (SSSR count). The predicted octanol–water partition coefficient (Wildman–Crippen LogP) is 5.72. The van der Waals surface area contributed by atoms with Crippen LogP contribution >= 0.6 is 27.5 Å². The highest BCUT2D eigenvalue weighted by atomic mass is 79.9. The van der Waals surface area contributed by atoms with Crippen LogP contribution in [0.3, 0.4) is 0 Å². The predicted molar refractivity (Wildman–Crippen MR) is 81.1 cm³/mol. The Morgan fingerprint density at radius 3 is 2.47 bits per heavy atom. The van der Waals surface area contributed by atoms with Crippen molar-refractivity contribution in [1.29, 1.82) is 0 Å². The van der Waals surface area contributed by atoms with Crippen LogP contribution in [0.15, 0.2) is 24.3 Å². The summed E-state index contributed by atoms with van der Waals surface area (Å²) < 4.78 is 0. The number of rotatable bonds is 7. The molecule has 1 unspecified atom stereocenters. The SMILES string of the molecule is CC(C)CCCC(CBr)Cc1ccccc1Cl. The quantitative estimate of drug-likeness (QED) is 0.564. The third-order valence-corrected chi connectivity index (χ3v) is 4.36. The standard InChI is InChI=1S/C15H22BrCl/c1-12(2)6-5-7-13(11-16)10-14-8-3-4-9-15(14)17/h3-4,8-9,12-13H,5-7,10-11H2,1-2H3. The van der Waals surface area contributed by atoms with Crippen LogP contribution < -0.4 is 0 Å². The molecule has 0 saturated carbocycles. The molecular weight excluding hydrogens is 296 g/mol. The lowest BCUT2D eigenvalue weighted by molar-refractivity contribution is 0.462. The molecule has 17 heavy (non-hydrogen) atoms. The van der Waals surface area contributed by atoms with Crippen molar-refractivity contribution in [2.75, 3.05) is 5.33 Å². The van der Waals surface area contributed by atoms with Crippen LogP contribution in [-0.4, -0.2) is 5.33 Å². The molecule has 0 aliphatic heterocycles. The molecule has 0 saturated heterocycles. The van der Waals surface area contributed by atoms with E-state index in [1.165, 1.54) is 24.8 Å². The van der Waals surface area contributed by atoms with Gasteiger partial charge in [0.1, 0.15) is 0 Å². The Labute approximate surface area is 119 Å². The molecule has 2 heteroatoms. The van der Waals surface area contributed by atoms with Crippen molar-refractivity contribution in [1.82, 2.24) is 0 Å². The van der Waals surface area contributed by atoms with Gasteiger partial charge in [0.25, 0.3) is 0 Å². The Bertz CT molecular complexity index is 322. The summed E-state index contributed by atoms with van der Waals surface area (Å²) in [5.41, 5.74) is 1.28. The maximum atomic E-state index is 6.19. The second-order valence-corrected chi connectivity index (χ2v) is 6.20. The molecule has 0 heterocycles. The van der Waals surface area contributed by atoms with Crippen LogP contribution in [0.1, 0.15) is 38.7 Å². The minimum absolute atomic E-state index is 0.702. The summed E-state index contributed by atoms with van der Waals surface area (Å²) in [4.78, 5) is 0. The molecule has 0 aromatic heterocycles. The second kappa shape index (κ2) is 8.16. The van der Waals surface area contributed by atoms with Crippen LogP contribution in [0, 0.1) is 11.8 Å². The zero-order chi connectivity index (χ0) is 12.7. The molecule has 0 radical (unpaired) electrons. The van der Waals surface area contributed by atoms with Gasteiger partial charge in [-0.3, -0.25) is 0 Å². The van der Waals surface area contributed by atoms with Crippen molar-refractivity contribution in [2.45, 2.75) is 39.5 Å². The zero-order valence-electron chi connectivity index (χ0n) is 10.8. The van der Waals surface area contributed by atoms with Gasteiger partial charge in [-0.05, 0) is 36.3 Å². The first kappa shape index (κ1) is 15.0. The molecule has 0 aliphatic carbocycles. The topological polar surface area (TPSA) is 0 Å². The summed E-state index contributed by atoms with van der Waals surface area (Å²) in [6.07, 6.45) is 5.02. The van der Waals surface area contributed by atoms with Crippen LogP contribution in [-0.2, 0) is 6.42 Å². The third-order valence-electron chi connectivity index (χ3n) is 3.08. The summed E-state index contributed by atoms with van der Waals surface area (Å²) in [7, 11) is 0. The smallest absolute Gasteiger partial charge is 0.0438 e. The van der Waals surface area contributed by atoms with Crippen molar-refractivity contribution in [3.05, 3.63) is 34.9 Å². The van der Waals surface area contributed by atoms with E-state index in [9.17, 15) is 0 Å². The van der Waals surface area contributed by atoms with E-state index in [1.54, 1.807) is 0 Å². The summed E-state index contributed by atoms with van der Waals surface area (Å²) >= 11 is 9.82. The molecule has 0 aliphatic rings. The molecule has 0 spiro atoms. The maximum Gasteiger partial charge on any atom is 0.0438 e. The summed E-state index contributed by atoms with van der Waals surface area (Å²) in [6, 6.07) is 8.19. The van der Waals surface area contributed by atoms with E-state index in [4.69, 9.17) is 11.6 Å². The molecule has 1 atom stereocenters. The largest absolute Gasteiger partial charge is 0.0925 e. The van der Waals surface area contributed by atoms with Crippen molar-refractivity contribution in [2.24, 2.45) is 11.8 Å². The minimum atomic E-state index is 0.702. The van der Waals surface area contributed by atoms with Gasteiger partial charge in [0.05, 0.1) is 0 Å². The second-order valence-electron chi connectivity index (χ2n) is 5.14. The fourth-order valence-electron chi connectivity index (χ4n) is 2.02. The maximum absolute atomic E-state index is 6.19. The molecule has 0 N–H and O–H groups in total. The lowest BCUT2D eigenvalue weighted by Gasteiger charge is -2.15. The fraction of sp³-hybridized carbons (Fsp3) is 0.600. The van der Waals surface area contributed by atoms with Crippen LogP contribution in [0.4, 0.5) is 0 Å². The number of hydrogen-bond acceptors (Lipinski definition) is 0. The van der Waals surface area contributed by atoms with E-state index in [1.807, 2.05) is 12.1 Å². The van der Waals surface area contributed by atoms with Gasteiger partial charge in [-0.15, -0.1) is 0 Å². The third kappa shape index (κ3) is 5.92. The van der Waals surface area contributed by atoms with Crippen molar-refractivity contribution in [3.8, 4) is 0 Å². The van der Waals surface area contributed by atoms with E-state index >= 15 is 0 Å². The number of benzene rings is 1. The normalized spacial score (nSPS) is 13.0. The molecule has 1 aromatic rings. The van der Waals surface area contributed by atoms with E-state index < -0.39 is 0 Å². The highest BCUT2D eigenvalue weighted by Gasteiger charge is 2.10. The molecule has 0 bridgehead atoms. The van der Waals surface area contributed by atoms with Crippen molar-refractivity contribution >= 4 is 27.5 Å².